The molecule has 1 fully saturated rings. The SMILES string of the molecule is CCN1CCC(CCC#CN)CC1. The highest BCUT2D eigenvalue weighted by molar-refractivity contribution is 4.94. The van der Waals surface area contributed by atoms with Crippen molar-refractivity contribution in [3.63, 3.8) is 0 Å². The number of rotatable bonds is 3. The largest absolute Gasteiger partial charge is 0.359 e. The van der Waals surface area contributed by atoms with Crippen LogP contribution in [-0.4, -0.2) is 24.5 Å². The molecule has 0 bridgehead atoms. The average Bonchev–Trinajstić information content (AvgIpc) is 2.19. The Morgan fingerprint density at radius 2 is 2.08 bits per heavy atom. The zero-order chi connectivity index (χ0) is 9.52. The summed E-state index contributed by atoms with van der Waals surface area (Å²) in [6.07, 6.45) is 4.91. The van der Waals surface area contributed by atoms with Crippen LogP contribution in [0.1, 0.15) is 32.6 Å². The molecule has 1 aliphatic rings. The molecule has 2 nitrogen and oxygen atoms in total. The van der Waals surface area contributed by atoms with Gasteiger partial charge in [0.2, 0.25) is 0 Å². The Kier molecular flexibility index (Phi) is 4.70. The van der Waals surface area contributed by atoms with E-state index in [1.165, 1.54) is 38.9 Å². The van der Waals surface area contributed by atoms with Gasteiger partial charge in [-0.25, -0.2) is 0 Å². The van der Waals surface area contributed by atoms with Gasteiger partial charge in [-0.15, -0.1) is 0 Å². The summed E-state index contributed by atoms with van der Waals surface area (Å²) in [5, 5.41) is 0. The lowest BCUT2D eigenvalue weighted by molar-refractivity contribution is 0.188. The maximum Gasteiger partial charge on any atom is 0.0110 e. The number of hydrogen-bond acceptors (Lipinski definition) is 2. The minimum absolute atomic E-state index is 0.892. The Hall–Kier alpha value is -0.680. The van der Waals surface area contributed by atoms with Crippen molar-refractivity contribution in [1.29, 1.82) is 0 Å². The van der Waals surface area contributed by atoms with Gasteiger partial charge in [-0.1, -0.05) is 12.8 Å². The van der Waals surface area contributed by atoms with E-state index in [4.69, 9.17) is 5.73 Å². The number of hydrogen-bond donors (Lipinski definition) is 1. The highest BCUT2D eigenvalue weighted by Crippen LogP contribution is 2.21. The van der Waals surface area contributed by atoms with Crippen molar-refractivity contribution in [3.8, 4) is 12.0 Å². The zero-order valence-corrected chi connectivity index (χ0v) is 8.55. The van der Waals surface area contributed by atoms with Gasteiger partial charge >= 0.3 is 0 Å². The molecule has 1 saturated heterocycles. The molecule has 74 valence electrons. The molecule has 0 aromatic heterocycles. The summed E-state index contributed by atoms with van der Waals surface area (Å²) in [6.45, 7) is 5.99. The van der Waals surface area contributed by atoms with E-state index in [0.717, 1.165) is 12.3 Å². The Labute approximate surface area is 81.5 Å². The van der Waals surface area contributed by atoms with E-state index < -0.39 is 0 Å². The van der Waals surface area contributed by atoms with E-state index >= 15 is 0 Å². The minimum Gasteiger partial charge on any atom is -0.359 e. The molecule has 0 amide bonds. The summed E-state index contributed by atoms with van der Waals surface area (Å²) in [4.78, 5) is 2.52. The first-order chi connectivity index (χ1) is 6.36. The van der Waals surface area contributed by atoms with Crippen LogP contribution in [0.15, 0.2) is 0 Å². The van der Waals surface area contributed by atoms with Crippen LogP contribution in [0.4, 0.5) is 0 Å². The van der Waals surface area contributed by atoms with E-state index in [1.807, 2.05) is 0 Å². The molecule has 13 heavy (non-hydrogen) atoms. The molecule has 0 aromatic rings. The van der Waals surface area contributed by atoms with Crippen LogP contribution in [0, 0.1) is 17.9 Å². The number of nitrogens with zero attached hydrogens (tertiary/aromatic N) is 1. The van der Waals surface area contributed by atoms with Crippen molar-refractivity contribution in [2.75, 3.05) is 19.6 Å². The molecule has 0 radical (unpaired) electrons. The first-order valence-electron chi connectivity index (χ1n) is 5.27. The third-order valence-electron chi connectivity index (χ3n) is 2.93. The van der Waals surface area contributed by atoms with Crippen molar-refractivity contribution in [2.24, 2.45) is 11.7 Å². The lowest BCUT2D eigenvalue weighted by Gasteiger charge is -2.30. The smallest absolute Gasteiger partial charge is 0.0110 e. The summed E-state index contributed by atoms with van der Waals surface area (Å²) in [5.74, 6) is 3.83. The van der Waals surface area contributed by atoms with Gasteiger partial charge in [-0.05, 0) is 44.8 Å². The predicted molar refractivity (Wildman–Crippen MR) is 56.0 cm³/mol. The monoisotopic (exact) mass is 180 g/mol. The fourth-order valence-electron chi connectivity index (χ4n) is 1.94. The van der Waals surface area contributed by atoms with Gasteiger partial charge in [0, 0.05) is 12.5 Å². The molecule has 2 N–H and O–H groups in total. The van der Waals surface area contributed by atoms with Crippen LogP contribution in [0.3, 0.4) is 0 Å². The highest BCUT2D eigenvalue weighted by Gasteiger charge is 2.16. The number of piperidine rings is 1. The Bertz CT molecular complexity index is 182. The second-order valence-corrected chi connectivity index (χ2v) is 3.74. The van der Waals surface area contributed by atoms with E-state index in [0.29, 0.717) is 0 Å². The van der Waals surface area contributed by atoms with Crippen LogP contribution in [0.5, 0.6) is 0 Å². The van der Waals surface area contributed by atoms with Crippen molar-refractivity contribution in [2.45, 2.75) is 32.6 Å². The quantitative estimate of drug-likeness (QED) is 0.526. The average molecular weight is 180 g/mol. The molecule has 0 atom stereocenters. The van der Waals surface area contributed by atoms with Gasteiger partial charge in [0.05, 0.1) is 0 Å². The maximum absolute atomic E-state index is 5.12. The zero-order valence-electron chi connectivity index (χ0n) is 8.55. The van der Waals surface area contributed by atoms with Crippen LogP contribution in [0.2, 0.25) is 0 Å². The summed E-state index contributed by atoms with van der Waals surface area (Å²) in [6, 6.07) is 2.47. The van der Waals surface area contributed by atoms with Crippen LogP contribution >= 0.6 is 0 Å². The van der Waals surface area contributed by atoms with Gasteiger partial charge in [0.25, 0.3) is 0 Å². The lowest BCUT2D eigenvalue weighted by Crippen LogP contribution is -2.33. The van der Waals surface area contributed by atoms with Gasteiger partial charge in [-0.2, -0.15) is 0 Å². The van der Waals surface area contributed by atoms with E-state index in [2.05, 4.69) is 23.8 Å². The molecule has 2 heteroatoms. The van der Waals surface area contributed by atoms with E-state index in [1.54, 1.807) is 0 Å². The van der Waals surface area contributed by atoms with Crippen molar-refractivity contribution in [1.82, 2.24) is 4.90 Å². The summed E-state index contributed by atoms with van der Waals surface area (Å²) < 4.78 is 0. The third-order valence-corrected chi connectivity index (χ3v) is 2.93. The fraction of sp³-hybridized carbons (Fsp3) is 0.818. The lowest BCUT2D eigenvalue weighted by atomic mass is 9.92. The summed E-state index contributed by atoms with van der Waals surface area (Å²) >= 11 is 0. The van der Waals surface area contributed by atoms with E-state index in [-0.39, 0.29) is 0 Å². The van der Waals surface area contributed by atoms with Crippen molar-refractivity contribution < 1.29 is 0 Å². The number of likely N-dealkylation sites (tertiary alicyclic amines) is 1. The van der Waals surface area contributed by atoms with Crippen LogP contribution in [0.25, 0.3) is 0 Å². The molecule has 0 aromatic carbocycles. The molecule has 1 rings (SSSR count). The molecule has 0 spiro atoms. The first kappa shape index (κ1) is 10.4. The standard InChI is InChI=1S/C11H20N2/c1-2-13-9-6-11(7-10-13)5-3-4-8-12/h11H,2-3,5-7,9-10,12H2,1H3. The van der Waals surface area contributed by atoms with Gasteiger partial charge < -0.3 is 10.6 Å². The normalized spacial score (nSPS) is 19.5. The van der Waals surface area contributed by atoms with Gasteiger partial charge in [-0.3, -0.25) is 0 Å². The molecular formula is C11H20N2. The third kappa shape index (κ3) is 3.69. The Balaban J connectivity index is 2.12. The summed E-state index contributed by atoms with van der Waals surface area (Å²) in [5.41, 5.74) is 5.12. The molecule has 1 aliphatic heterocycles. The Morgan fingerprint density at radius 3 is 2.62 bits per heavy atom. The molecule has 0 saturated carbocycles. The topological polar surface area (TPSA) is 29.3 Å². The second kappa shape index (κ2) is 5.88. The molecule has 1 heterocycles. The molecule has 0 unspecified atom stereocenters. The fourth-order valence-corrected chi connectivity index (χ4v) is 1.94. The van der Waals surface area contributed by atoms with Gasteiger partial charge in [0.1, 0.15) is 0 Å². The molecular weight excluding hydrogens is 160 g/mol. The predicted octanol–water partition coefficient (Wildman–Crippen LogP) is 1.42. The van der Waals surface area contributed by atoms with Gasteiger partial charge in [0.15, 0.2) is 0 Å². The maximum atomic E-state index is 5.12. The molecule has 0 aliphatic carbocycles. The minimum atomic E-state index is 0.892. The Morgan fingerprint density at radius 1 is 1.38 bits per heavy atom. The van der Waals surface area contributed by atoms with E-state index in [9.17, 15) is 0 Å². The highest BCUT2D eigenvalue weighted by atomic mass is 15.1. The summed E-state index contributed by atoms with van der Waals surface area (Å²) in [7, 11) is 0. The van der Waals surface area contributed by atoms with Crippen LogP contribution in [-0.2, 0) is 0 Å². The van der Waals surface area contributed by atoms with Crippen molar-refractivity contribution >= 4 is 0 Å². The first-order valence-corrected chi connectivity index (χ1v) is 5.27. The van der Waals surface area contributed by atoms with Crippen LogP contribution < -0.4 is 5.73 Å². The van der Waals surface area contributed by atoms with Crippen molar-refractivity contribution in [3.05, 3.63) is 0 Å². The number of nitrogens with two attached hydrogens (primary N) is 1. The second-order valence-electron chi connectivity index (χ2n) is 3.74.